The van der Waals surface area contributed by atoms with E-state index >= 15 is 0 Å². The highest BCUT2D eigenvalue weighted by atomic mass is 32.3. The number of nitrogens with zero attached hydrogens (tertiary/aromatic N) is 2. The highest BCUT2D eigenvalue weighted by Crippen LogP contribution is 2.21. The van der Waals surface area contributed by atoms with E-state index in [1.54, 1.807) is 0 Å². The zero-order valence-corrected chi connectivity index (χ0v) is 39.1. The van der Waals surface area contributed by atoms with Gasteiger partial charge in [-0.25, -0.2) is 13.0 Å². The van der Waals surface area contributed by atoms with Crippen molar-refractivity contribution in [1.82, 2.24) is 0 Å². The summed E-state index contributed by atoms with van der Waals surface area (Å²) in [5.41, 5.74) is 3.93. The fraction of sp³-hybridized carbons (Fsp3) is 0.745. The number of aryl methyl sites for hydroxylation is 1. The summed E-state index contributed by atoms with van der Waals surface area (Å²) in [7, 11) is -1.54. The zero-order chi connectivity index (χ0) is 42.2. The number of unbranched alkanes of at least 4 members (excludes halogenated alkanes) is 30. The van der Waals surface area contributed by atoms with Crippen LogP contribution in [-0.2, 0) is 21.6 Å². The van der Waals surface area contributed by atoms with Crippen LogP contribution in [-0.4, -0.2) is 33.2 Å². The van der Waals surface area contributed by atoms with Crippen molar-refractivity contribution in [2.24, 2.45) is 7.05 Å². The largest absolute Gasteiger partial charge is 0.726 e. The fourth-order valence-corrected chi connectivity index (χ4v) is 7.68. The lowest BCUT2D eigenvalue weighted by molar-refractivity contribution is -0.671. The molecule has 0 fully saturated rings. The van der Waals surface area contributed by atoms with Crippen LogP contribution in [0.1, 0.15) is 230 Å². The zero-order valence-electron chi connectivity index (χ0n) is 38.3. The molecular weight excluding hydrogens is 737 g/mol. The Labute approximate surface area is 360 Å². The van der Waals surface area contributed by atoms with E-state index < -0.39 is 10.4 Å². The molecule has 58 heavy (non-hydrogen) atoms. The number of benzene rings is 1. The molecule has 7 heteroatoms. The Morgan fingerprint density at radius 3 is 1.02 bits per heavy atom. The van der Waals surface area contributed by atoms with Gasteiger partial charge in [-0.1, -0.05) is 231 Å². The first-order valence-electron chi connectivity index (χ1n) is 24.3. The van der Waals surface area contributed by atoms with Gasteiger partial charge < -0.3 is 9.45 Å². The third-order valence-electron chi connectivity index (χ3n) is 11.5. The minimum absolute atomic E-state index is 0.808. The van der Waals surface area contributed by atoms with Crippen molar-refractivity contribution >= 4 is 28.2 Å². The fourth-order valence-electron chi connectivity index (χ4n) is 7.68. The van der Waals surface area contributed by atoms with Crippen LogP contribution in [0.15, 0.2) is 48.8 Å². The number of aromatic nitrogens is 1. The van der Waals surface area contributed by atoms with Crippen LogP contribution in [0.4, 0.5) is 5.69 Å². The maximum atomic E-state index is 9.22. The summed E-state index contributed by atoms with van der Waals surface area (Å²) < 4.78 is 33.1. The van der Waals surface area contributed by atoms with Gasteiger partial charge in [0, 0.05) is 30.9 Å². The van der Waals surface area contributed by atoms with E-state index in [9.17, 15) is 13.0 Å². The van der Waals surface area contributed by atoms with Gasteiger partial charge in [-0.3, -0.25) is 4.18 Å². The summed E-state index contributed by atoms with van der Waals surface area (Å²) in [6.45, 7) is 7.02. The van der Waals surface area contributed by atoms with Crippen molar-refractivity contribution in [3.05, 3.63) is 59.9 Å². The van der Waals surface area contributed by atoms with Gasteiger partial charge in [0.1, 0.15) is 7.05 Å². The second-order valence-electron chi connectivity index (χ2n) is 16.9. The molecule has 2 aromatic rings. The second kappa shape index (κ2) is 38.9. The predicted octanol–water partition coefficient (Wildman–Crippen LogP) is 15.1. The molecular formula is C51H90N2O4S. The molecule has 0 aliphatic carbocycles. The minimum Gasteiger partial charge on any atom is -0.726 e. The van der Waals surface area contributed by atoms with E-state index in [1.807, 2.05) is 0 Å². The molecule has 0 N–H and O–H groups in total. The number of hydrogen-bond acceptors (Lipinski definition) is 5. The SMILES string of the molecule is CCCCCCCCCCCCCCCCCCN(CCCCCCCCCCCCCCCCCC)c1ccc(C=Cc2cc[n+](C)cc2)cc1.COS(=O)(=O)[O-]. The molecule has 0 saturated heterocycles. The Kier molecular flexibility index (Phi) is 36.1. The van der Waals surface area contributed by atoms with Gasteiger partial charge in [0.25, 0.3) is 0 Å². The van der Waals surface area contributed by atoms with E-state index in [2.05, 4.69) is 95.5 Å². The van der Waals surface area contributed by atoms with Crippen molar-refractivity contribution in [2.75, 3.05) is 25.1 Å². The number of pyridine rings is 1. The van der Waals surface area contributed by atoms with Gasteiger partial charge in [-0.05, 0) is 36.1 Å². The quantitative estimate of drug-likeness (QED) is 0.0292. The third kappa shape index (κ3) is 34.6. The van der Waals surface area contributed by atoms with Crippen molar-refractivity contribution in [1.29, 1.82) is 0 Å². The van der Waals surface area contributed by atoms with Gasteiger partial charge in [0.15, 0.2) is 12.4 Å². The van der Waals surface area contributed by atoms with E-state index in [0.29, 0.717) is 0 Å². The second-order valence-corrected chi connectivity index (χ2v) is 18.0. The lowest BCUT2D eigenvalue weighted by Gasteiger charge is -2.25. The van der Waals surface area contributed by atoms with Crippen LogP contribution in [0.5, 0.6) is 0 Å². The maximum Gasteiger partial charge on any atom is 0.217 e. The normalized spacial score (nSPS) is 11.6. The minimum atomic E-state index is -4.41. The van der Waals surface area contributed by atoms with E-state index in [-0.39, 0.29) is 0 Å². The van der Waals surface area contributed by atoms with Gasteiger partial charge >= 0.3 is 0 Å². The summed E-state index contributed by atoms with van der Waals surface area (Å²) >= 11 is 0. The summed E-state index contributed by atoms with van der Waals surface area (Å²) in [5.74, 6) is 0. The Morgan fingerprint density at radius 2 is 0.741 bits per heavy atom. The molecule has 0 unspecified atom stereocenters. The Bertz CT molecular complexity index is 1260. The topological polar surface area (TPSA) is 73.5 Å². The van der Waals surface area contributed by atoms with Crippen LogP contribution in [0, 0.1) is 0 Å². The van der Waals surface area contributed by atoms with Crippen LogP contribution in [0.3, 0.4) is 0 Å². The van der Waals surface area contributed by atoms with Gasteiger partial charge in [-0.15, -0.1) is 0 Å². The molecule has 0 bridgehead atoms. The van der Waals surface area contributed by atoms with Crippen LogP contribution < -0.4 is 9.47 Å². The third-order valence-corrected chi connectivity index (χ3v) is 11.9. The molecule has 0 radical (unpaired) electrons. The van der Waals surface area contributed by atoms with Crippen LogP contribution in [0.25, 0.3) is 12.2 Å². The lowest BCUT2D eigenvalue weighted by atomic mass is 10.0. The molecule has 1 heterocycles. The van der Waals surface area contributed by atoms with Gasteiger partial charge in [-0.2, -0.15) is 0 Å². The van der Waals surface area contributed by atoms with E-state index in [0.717, 1.165) is 7.11 Å². The standard InChI is InChI=1S/C50H87N2.CH4O4S/c1-4-6-8-10-12-14-16-18-20-22-24-26-28-30-32-34-44-52(50-40-38-48(39-41-50)36-37-49-42-46-51(3)47-43-49)45-35-33-31-29-27-25-23-21-19-17-15-13-11-9-7-5-2;1-5-6(2,3)4/h36-43,46-47H,4-35,44-45H2,1-3H3;1H3,(H,2,3,4)/q+1;/p-1. The molecule has 334 valence electrons. The summed E-state index contributed by atoms with van der Waals surface area (Å²) in [6.07, 6.45) is 54.5. The smallest absolute Gasteiger partial charge is 0.217 e. The van der Waals surface area contributed by atoms with Crippen molar-refractivity contribution in [3.8, 4) is 0 Å². The first-order valence-corrected chi connectivity index (χ1v) is 25.6. The van der Waals surface area contributed by atoms with E-state index in [4.69, 9.17) is 0 Å². The summed E-state index contributed by atoms with van der Waals surface area (Å²) in [4.78, 5) is 2.69. The lowest BCUT2D eigenvalue weighted by Crippen LogP contribution is -2.25. The Morgan fingerprint density at radius 1 is 0.483 bits per heavy atom. The first kappa shape index (κ1) is 53.8. The van der Waals surface area contributed by atoms with Gasteiger partial charge in [0.2, 0.25) is 10.4 Å². The molecule has 1 aromatic carbocycles. The average molecular weight is 827 g/mol. The molecule has 0 atom stereocenters. The van der Waals surface area contributed by atoms with E-state index in [1.165, 1.54) is 235 Å². The monoisotopic (exact) mass is 827 g/mol. The number of hydrogen-bond donors (Lipinski definition) is 0. The van der Waals surface area contributed by atoms with Crippen LogP contribution >= 0.6 is 0 Å². The molecule has 6 nitrogen and oxygen atoms in total. The Balaban J connectivity index is 0.00000259. The molecule has 0 aliphatic heterocycles. The highest BCUT2D eigenvalue weighted by molar-refractivity contribution is 7.80. The number of rotatable bonds is 38. The molecule has 1 aromatic heterocycles. The average Bonchev–Trinajstić information content (AvgIpc) is 3.22. The number of anilines is 1. The molecule has 0 saturated carbocycles. The molecule has 2 rings (SSSR count). The summed E-state index contributed by atoms with van der Waals surface area (Å²) in [6, 6.07) is 13.7. The van der Waals surface area contributed by atoms with Gasteiger partial charge in [0.05, 0.1) is 7.11 Å². The Hall–Kier alpha value is -2.22. The molecule has 0 amide bonds. The van der Waals surface area contributed by atoms with Crippen molar-refractivity contribution in [3.63, 3.8) is 0 Å². The predicted molar refractivity (Wildman–Crippen MR) is 251 cm³/mol. The highest BCUT2D eigenvalue weighted by Gasteiger charge is 2.07. The molecule has 0 spiro atoms. The summed E-state index contributed by atoms with van der Waals surface area (Å²) in [5, 5.41) is 0. The first-order chi connectivity index (χ1) is 28.3. The maximum absolute atomic E-state index is 9.22. The molecule has 0 aliphatic rings. The van der Waals surface area contributed by atoms with Crippen molar-refractivity contribution < 1.29 is 21.7 Å². The van der Waals surface area contributed by atoms with Crippen LogP contribution in [0.2, 0.25) is 0 Å². The van der Waals surface area contributed by atoms with Crippen molar-refractivity contribution in [2.45, 2.75) is 219 Å².